The van der Waals surface area contributed by atoms with Crippen LogP contribution in [0.5, 0.6) is 0 Å². The van der Waals surface area contributed by atoms with Crippen molar-refractivity contribution in [2.24, 2.45) is 6.98 Å². The quantitative estimate of drug-likeness (QED) is 0.149. The summed E-state index contributed by atoms with van der Waals surface area (Å²) in [5, 5.41) is 2.17. The summed E-state index contributed by atoms with van der Waals surface area (Å²) in [6.45, 7) is 4.28. The molecule has 0 spiro atoms. The molecule has 0 saturated heterocycles. The van der Waals surface area contributed by atoms with Crippen molar-refractivity contribution in [2.45, 2.75) is 26.2 Å². The van der Waals surface area contributed by atoms with Gasteiger partial charge in [0.1, 0.15) is 5.82 Å². The zero-order valence-electron chi connectivity index (χ0n) is 35.9. The molecule has 0 fully saturated rings. The number of rotatable bonds is 7. The molecule has 290 valence electrons. The van der Waals surface area contributed by atoms with Crippen LogP contribution in [0.1, 0.15) is 30.4 Å². The standard InChI is InChI=1S/C53H42N5.Pt/c1-53(2,3)39-31-32-54-51(33-39)58-47-26-12-11-23-45(47)46-30-29-42(35-50(46)58)57(41-22-15-21-40(34-41)56-36-55(4)48-27-13-14-28-49(48)56)52-43(37-17-7-5-8-18-37)24-16-25-44(52)38-19-9-6-10-20-38;/h5-33,36H,1-4H3;/q-1;/i4D3;. The molecule has 59 heavy (non-hydrogen) atoms. The summed E-state index contributed by atoms with van der Waals surface area (Å²) in [6, 6.07) is 65.8. The van der Waals surface area contributed by atoms with E-state index >= 15 is 0 Å². The van der Waals surface area contributed by atoms with Crippen LogP contribution in [0, 0.1) is 12.1 Å². The summed E-state index contributed by atoms with van der Waals surface area (Å²) in [5.41, 5.74) is 11.8. The van der Waals surface area contributed by atoms with Crippen LogP contribution >= 0.6 is 0 Å². The maximum atomic E-state index is 8.36. The van der Waals surface area contributed by atoms with Gasteiger partial charge in [-0.25, -0.2) is 14.1 Å². The number of imidazole rings is 1. The zero-order valence-corrected chi connectivity index (χ0v) is 35.1. The summed E-state index contributed by atoms with van der Waals surface area (Å²) in [7, 11) is 0. The number of para-hydroxylation sites is 4. The second-order valence-corrected chi connectivity index (χ2v) is 15.6. The van der Waals surface area contributed by atoms with E-state index in [-0.39, 0.29) is 26.5 Å². The number of aryl methyl sites for hydroxylation is 1. The van der Waals surface area contributed by atoms with Crippen molar-refractivity contribution in [2.75, 3.05) is 4.90 Å². The van der Waals surface area contributed by atoms with Gasteiger partial charge in [-0.3, -0.25) is 0 Å². The number of pyridine rings is 1. The molecule has 0 bridgehead atoms. The molecule has 0 aliphatic heterocycles. The Labute approximate surface area is 363 Å². The van der Waals surface area contributed by atoms with Crippen LogP contribution in [0.3, 0.4) is 0 Å². The van der Waals surface area contributed by atoms with E-state index in [1.807, 2.05) is 59.3 Å². The molecule has 0 aliphatic carbocycles. The molecule has 6 heteroatoms. The number of hydrogen-bond donors (Lipinski definition) is 0. The van der Waals surface area contributed by atoms with Gasteiger partial charge in [-0.2, -0.15) is 12.1 Å². The Morgan fingerprint density at radius 1 is 0.610 bits per heavy atom. The van der Waals surface area contributed by atoms with Crippen molar-refractivity contribution in [1.29, 1.82) is 0 Å². The van der Waals surface area contributed by atoms with Crippen LogP contribution in [0.15, 0.2) is 182 Å². The van der Waals surface area contributed by atoms with Crippen molar-refractivity contribution < 1.29 is 25.2 Å². The molecule has 0 radical (unpaired) electrons. The number of aromatic nitrogens is 4. The predicted octanol–water partition coefficient (Wildman–Crippen LogP) is 13.4. The van der Waals surface area contributed by atoms with Gasteiger partial charge >= 0.3 is 0 Å². The molecule has 10 rings (SSSR count). The minimum Gasteiger partial charge on any atom is -0.357 e. The summed E-state index contributed by atoms with van der Waals surface area (Å²) < 4.78 is 30.6. The van der Waals surface area contributed by atoms with Gasteiger partial charge in [0, 0.05) is 72.8 Å². The molecule has 0 amide bonds. The predicted molar refractivity (Wildman–Crippen MR) is 241 cm³/mol. The summed E-state index contributed by atoms with van der Waals surface area (Å²) >= 11 is 0. The van der Waals surface area contributed by atoms with Crippen LogP contribution in [0.25, 0.3) is 66.6 Å². The molecule has 3 aromatic heterocycles. The van der Waals surface area contributed by atoms with E-state index in [1.54, 1.807) is 6.33 Å². The Kier molecular flexibility index (Phi) is 8.95. The summed E-state index contributed by atoms with van der Waals surface area (Å²) in [5.74, 6) is 0.823. The molecular weight excluding hydrogens is 902 g/mol. The second kappa shape index (κ2) is 15.3. The van der Waals surface area contributed by atoms with Gasteiger partial charge in [0.2, 0.25) is 0 Å². The summed E-state index contributed by atoms with van der Waals surface area (Å²) in [6.07, 6.45) is 3.55. The van der Waals surface area contributed by atoms with E-state index in [0.717, 1.165) is 72.5 Å². The SMILES string of the molecule is [2H]C([2H])([2H])n1[cH+]n(-c2[c-]c(N(c3[c-]c4c(cc3)c3ccccc3n4-c3cc(C(C)(C)C)ccn3)c3c(-c4ccccc4)cccc3-c3ccccc3)ccc2)c2ccccc21.[Pt]. The van der Waals surface area contributed by atoms with Crippen LogP contribution in [0.2, 0.25) is 0 Å². The van der Waals surface area contributed by atoms with Crippen molar-refractivity contribution >= 4 is 49.9 Å². The number of anilines is 3. The Bertz CT molecular complexity index is 3180. The monoisotopic (exact) mass is 946 g/mol. The van der Waals surface area contributed by atoms with Crippen LogP contribution < -0.4 is 4.90 Å². The van der Waals surface area contributed by atoms with Crippen LogP contribution in [0.4, 0.5) is 17.1 Å². The number of hydrogen-bond acceptors (Lipinski definition) is 2. The van der Waals surface area contributed by atoms with Gasteiger partial charge < -0.3 is 9.47 Å². The first-order valence-corrected chi connectivity index (χ1v) is 19.6. The third kappa shape index (κ3) is 6.76. The molecular formula is C53H42N5Pt-. The van der Waals surface area contributed by atoms with Gasteiger partial charge in [0.05, 0.1) is 5.69 Å². The molecule has 0 N–H and O–H groups in total. The zero-order chi connectivity index (χ0) is 41.9. The van der Waals surface area contributed by atoms with E-state index in [1.165, 1.54) is 10.1 Å². The third-order valence-electron chi connectivity index (χ3n) is 11.0. The van der Waals surface area contributed by atoms with Gasteiger partial charge in [-0.15, -0.1) is 29.7 Å². The van der Waals surface area contributed by atoms with Crippen molar-refractivity contribution in [3.63, 3.8) is 0 Å². The van der Waals surface area contributed by atoms with Crippen molar-refractivity contribution in [3.8, 4) is 33.8 Å². The average molecular weight is 947 g/mol. The first-order valence-electron chi connectivity index (χ1n) is 21.1. The Morgan fingerprint density at radius 3 is 1.93 bits per heavy atom. The first kappa shape index (κ1) is 34.5. The van der Waals surface area contributed by atoms with Gasteiger partial charge in [0.15, 0.2) is 17.4 Å². The molecule has 0 saturated carbocycles. The van der Waals surface area contributed by atoms with Crippen LogP contribution in [-0.4, -0.2) is 18.7 Å². The maximum absolute atomic E-state index is 8.36. The molecule has 10 aromatic rings. The van der Waals surface area contributed by atoms with Crippen molar-refractivity contribution in [3.05, 3.63) is 200 Å². The van der Waals surface area contributed by atoms with Crippen LogP contribution in [-0.2, 0) is 33.5 Å². The smallest absolute Gasteiger partial charge is 0.188 e. The maximum Gasteiger partial charge on any atom is 0.188 e. The average Bonchev–Trinajstić information content (AvgIpc) is 3.84. The van der Waals surface area contributed by atoms with Gasteiger partial charge in [-0.1, -0.05) is 141 Å². The molecule has 0 atom stereocenters. The largest absolute Gasteiger partial charge is 0.357 e. The number of fused-ring (bicyclic) bond motifs is 4. The van der Waals surface area contributed by atoms with Gasteiger partial charge in [0.25, 0.3) is 0 Å². The van der Waals surface area contributed by atoms with Gasteiger partial charge in [-0.05, 0) is 57.8 Å². The van der Waals surface area contributed by atoms with E-state index in [9.17, 15) is 0 Å². The molecule has 3 heterocycles. The third-order valence-corrected chi connectivity index (χ3v) is 11.0. The fourth-order valence-corrected chi connectivity index (χ4v) is 8.13. The van der Waals surface area contributed by atoms with E-state index < -0.39 is 6.98 Å². The van der Waals surface area contributed by atoms with Crippen molar-refractivity contribution in [1.82, 2.24) is 18.7 Å². The second-order valence-electron chi connectivity index (χ2n) is 15.6. The molecule has 0 aliphatic rings. The molecule has 7 aromatic carbocycles. The minimum atomic E-state index is -2.38. The van der Waals surface area contributed by atoms with E-state index in [0.29, 0.717) is 11.2 Å². The Morgan fingerprint density at radius 2 is 1.24 bits per heavy atom. The number of benzene rings is 7. The fourth-order valence-electron chi connectivity index (χ4n) is 8.13. The Hall–Kier alpha value is -6.55. The fraction of sp³-hybridized carbons (Fsp3) is 0.0943. The number of nitrogens with zero attached hydrogens (tertiary/aromatic N) is 5. The van der Waals surface area contributed by atoms with E-state index in [4.69, 9.17) is 9.10 Å². The molecule has 0 unspecified atom stereocenters. The minimum absolute atomic E-state index is 0. The topological polar surface area (TPSA) is 30.9 Å². The first-order chi connectivity index (χ1) is 29.5. The molecule has 5 nitrogen and oxygen atoms in total. The Balaban J connectivity index is 0.00000490. The normalized spacial score (nSPS) is 12.6. The summed E-state index contributed by atoms with van der Waals surface area (Å²) in [4.78, 5) is 7.21. The van der Waals surface area contributed by atoms with E-state index in [2.05, 4.69) is 164 Å².